The molecule has 0 spiro atoms. The van der Waals surface area contributed by atoms with Gasteiger partial charge in [-0.05, 0) is 54.3 Å². The van der Waals surface area contributed by atoms with Gasteiger partial charge in [0.15, 0.2) is 0 Å². The second kappa shape index (κ2) is 7.04. The van der Waals surface area contributed by atoms with Gasteiger partial charge >= 0.3 is 6.03 Å². The molecule has 4 nitrogen and oxygen atoms in total. The molecule has 2 aromatic carbocycles. The van der Waals surface area contributed by atoms with Gasteiger partial charge in [0.25, 0.3) is 0 Å². The van der Waals surface area contributed by atoms with Crippen molar-refractivity contribution in [3.63, 3.8) is 0 Å². The van der Waals surface area contributed by atoms with E-state index < -0.39 is 0 Å². The first kappa shape index (κ1) is 15.9. The van der Waals surface area contributed by atoms with Gasteiger partial charge in [-0.25, -0.2) is 4.79 Å². The number of benzene rings is 2. The minimum atomic E-state index is -0.0282. The van der Waals surface area contributed by atoms with E-state index in [1.807, 2.05) is 41.3 Å². The number of anilines is 1. The van der Waals surface area contributed by atoms with Gasteiger partial charge in [-0.3, -0.25) is 4.90 Å². The molecule has 0 aromatic heterocycles. The van der Waals surface area contributed by atoms with Gasteiger partial charge in [-0.15, -0.1) is 0 Å². The van der Waals surface area contributed by atoms with Crippen molar-refractivity contribution in [3.05, 3.63) is 58.1 Å². The lowest BCUT2D eigenvalue weighted by Crippen LogP contribution is -2.39. The molecule has 1 N–H and O–H groups in total. The Morgan fingerprint density at radius 2 is 2.04 bits per heavy atom. The maximum Gasteiger partial charge on any atom is 0.321 e. The SMILES string of the molecule is COc1ccc(CCNC(=O)N2CCc3cc(Br)ccc32)cc1. The third kappa shape index (κ3) is 3.67. The van der Waals surface area contributed by atoms with Crippen molar-refractivity contribution in [2.45, 2.75) is 12.8 Å². The van der Waals surface area contributed by atoms with E-state index >= 15 is 0 Å². The molecule has 0 aliphatic carbocycles. The Morgan fingerprint density at radius 3 is 2.78 bits per heavy atom. The molecular weight excluding hydrogens is 356 g/mol. The molecule has 1 heterocycles. The summed E-state index contributed by atoms with van der Waals surface area (Å²) in [6.07, 6.45) is 1.71. The molecule has 3 rings (SSSR count). The molecule has 0 atom stereocenters. The molecule has 0 saturated heterocycles. The van der Waals surface area contributed by atoms with Crippen LogP contribution in [0.1, 0.15) is 11.1 Å². The smallest absolute Gasteiger partial charge is 0.321 e. The number of urea groups is 1. The highest BCUT2D eigenvalue weighted by Gasteiger charge is 2.24. The largest absolute Gasteiger partial charge is 0.497 e. The molecule has 2 amide bonds. The molecule has 2 aromatic rings. The molecule has 0 saturated carbocycles. The van der Waals surface area contributed by atoms with Gasteiger partial charge in [-0.1, -0.05) is 28.1 Å². The van der Waals surface area contributed by atoms with E-state index in [1.54, 1.807) is 7.11 Å². The third-order valence-corrected chi connectivity index (χ3v) is 4.52. The molecule has 1 aliphatic rings. The lowest BCUT2D eigenvalue weighted by atomic mass is 10.1. The van der Waals surface area contributed by atoms with E-state index in [2.05, 4.69) is 27.3 Å². The van der Waals surface area contributed by atoms with Gasteiger partial charge in [0.2, 0.25) is 0 Å². The van der Waals surface area contributed by atoms with Crippen molar-refractivity contribution in [1.82, 2.24) is 5.32 Å². The van der Waals surface area contributed by atoms with E-state index in [0.29, 0.717) is 6.54 Å². The minimum Gasteiger partial charge on any atom is -0.497 e. The summed E-state index contributed by atoms with van der Waals surface area (Å²) < 4.78 is 6.20. The maximum absolute atomic E-state index is 12.4. The fraction of sp³-hybridized carbons (Fsp3) is 0.278. The highest BCUT2D eigenvalue weighted by atomic mass is 79.9. The zero-order valence-corrected chi connectivity index (χ0v) is 14.6. The van der Waals surface area contributed by atoms with Crippen molar-refractivity contribution in [2.75, 3.05) is 25.1 Å². The molecular formula is C18H19BrN2O2. The van der Waals surface area contributed by atoms with Crippen LogP contribution in [-0.2, 0) is 12.8 Å². The van der Waals surface area contributed by atoms with Crippen LogP contribution in [0.15, 0.2) is 46.9 Å². The molecule has 0 fully saturated rings. The maximum atomic E-state index is 12.4. The number of nitrogens with zero attached hydrogens (tertiary/aromatic N) is 1. The summed E-state index contributed by atoms with van der Waals surface area (Å²) in [6, 6.07) is 13.9. The number of hydrogen-bond acceptors (Lipinski definition) is 2. The number of halogens is 1. The van der Waals surface area contributed by atoms with Crippen molar-refractivity contribution >= 4 is 27.6 Å². The van der Waals surface area contributed by atoms with Crippen LogP contribution < -0.4 is 15.0 Å². The Balaban J connectivity index is 1.54. The van der Waals surface area contributed by atoms with E-state index in [1.165, 1.54) is 11.1 Å². The van der Waals surface area contributed by atoms with E-state index in [9.17, 15) is 4.79 Å². The average Bonchev–Trinajstić information content (AvgIpc) is 2.98. The number of rotatable bonds is 4. The summed E-state index contributed by atoms with van der Waals surface area (Å²) in [4.78, 5) is 14.2. The number of carbonyl (C=O) groups is 1. The van der Waals surface area contributed by atoms with Gasteiger partial charge in [0.05, 0.1) is 7.11 Å². The second-order valence-corrected chi connectivity index (χ2v) is 6.42. The summed E-state index contributed by atoms with van der Waals surface area (Å²) in [5.74, 6) is 0.845. The van der Waals surface area contributed by atoms with Crippen molar-refractivity contribution in [1.29, 1.82) is 0 Å². The van der Waals surface area contributed by atoms with Crippen molar-refractivity contribution in [3.8, 4) is 5.75 Å². The quantitative estimate of drug-likeness (QED) is 0.884. The van der Waals surface area contributed by atoms with E-state index in [0.717, 1.165) is 35.3 Å². The fourth-order valence-corrected chi connectivity index (χ4v) is 3.19. The molecule has 0 unspecified atom stereocenters. The Labute approximate surface area is 144 Å². The second-order valence-electron chi connectivity index (χ2n) is 5.50. The summed E-state index contributed by atoms with van der Waals surface area (Å²) >= 11 is 3.47. The Morgan fingerprint density at radius 1 is 1.26 bits per heavy atom. The predicted molar refractivity (Wildman–Crippen MR) is 95.3 cm³/mol. The summed E-state index contributed by atoms with van der Waals surface area (Å²) in [6.45, 7) is 1.35. The Hall–Kier alpha value is -2.01. The minimum absolute atomic E-state index is 0.0282. The highest BCUT2D eigenvalue weighted by molar-refractivity contribution is 9.10. The molecule has 5 heteroatoms. The highest BCUT2D eigenvalue weighted by Crippen LogP contribution is 2.30. The van der Waals surface area contributed by atoms with Crippen LogP contribution in [0.25, 0.3) is 0 Å². The van der Waals surface area contributed by atoms with Gasteiger partial charge in [0.1, 0.15) is 5.75 Å². The number of methoxy groups -OCH3 is 1. The lowest BCUT2D eigenvalue weighted by Gasteiger charge is -2.18. The number of carbonyl (C=O) groups excluding carboxylic acids is 1. The molecule has 0 bridgehead atoms. The predicted octanol–water partition coefficient (Wildman–Crippen LogP) is 3.77. The average molecular weight is 375 g/mol. The molecule has 23 heavy (non-hydrogen) atoms. The van der Waals surface area contributed by atoms with Crippen LogP contribution in [0.5, 0.6) is 5.75 Å². The zero-order valence-electron chi connectivity index (χ0n) is 13.0. The van der Waals surface area contributed by atoms with Crippen LogP contribution in [0.2, 0.25) is 0 Å². The lowest BCUT2D eigenvalue weighted by molar-refractivity contribution is 0.247. The van der Waals surface area contributed by atoms with E-state index in [-0.39, 0.29) is 6.03 Å². The first-order valence-corrected chi connectivity index (χ1v) is 8.43. The summed E-state index contributed by atoms with van der Waals surface area (Å²) in [7, 11) is 1.65. The summed E-state index contributed by atoms with van der Waals surface area (Å²) in [5, 5.41) is 3.00. The number of fused-ring (bicyclic) bond motifs is 1. The van der Waals surface area contributed by atoms with Gasteiger partial charge < -0.3 is 10.1 Å². The van der Waals surface area contributed by atoms with Crippen LogP contribution in [0.4, 0.5) is 10.5 Å². The van der Waals surface area contributed by atoms with E-state index in [4.69, 9.17) is 4.74 Å². The molecule has 1 aliphatic heterocycles. The monoisotopic (exact) mass is 374 g/mol. The van der Waals surface area contributed by atoms with Crippen LogP contribution in [0, 0.1) is 0 Å². The van der Waals surface area contributed by atoms with Crippen molar-refractivity contribution in [2.24, 2.45) is 0 Å². The molecule has 0 radical (unpaired) electrons. The first-order chi connectivity index (χ1) is 11.2. The standard InChI is InChI=1S/C18H19BrN2O2/c1-23-16-5-2-13(3-6-16)8-10-20-18(22)21-11-9-14-12-15(19)4-7-17(14)21/h2-7,12H,8-11H2,1H3,(H,20,22). The number of nitrogens with one attached hydrogen (secondary N) is 1. The third-order valence-electron chi connectivity index (χ3n) is 4.03. The summed E-state index contributed by atoms with van der Waals surface area (Å²) in [5.41, 5.74) is 3.40. The topological polar surface area (TPSA) is 41.6 Å². The number of amides is 2. The fourth-order valence-electron chi connectivity index (χ4n) is 2.78. The van der Waals surface area contributed by atoms with Crippen LogP contribution >= 0.6 is 15.9 Å². The van der Waals surface area contributed by atoms with Crippen LogP contribution in [0.3, 0.4) is 0 Å². The van der Waals surface area contributed by atoms with Crippen molar-refractivity contribution < 1.29 is 9.53 Å². The number of hydrogen-bond donors (Lipinski definition) is 1. The Kier molecular flexibility index (Phi) is 4.86. The van der Waals surface area contributed by atoms with Crippen LogP contribution in [-0.4, -0.2) is 26.2 Å². The Bertz CT molecular complexity index is 701. The number of ether oxygens (including phenoxy) is 1. The molecule has 120 valence electrons. The zero-order chi connectivity index (χ0) is 16.2. The van der Waals surface area contributed by atoms with Gasteiger partial charge in [-0.2, -0.15) is 0 Å². The first-order valence-electron chi connectivity index (χ1n) is 7.64. The normalized spacial score (nSPS) is 12.9. The van der Waals surface area contributed by atoms with Gasteiger partial charge in [0, 0.05) is 23.2 Å².